The van der Waals surface area contributed by atoms with Gasteiger partial charge in [-0.3, -0.25) is 4.79 Å². The van der Waals surface area contributed by atoms with Crippen molar-refractivity contribution >= 4 is 39.2 Å². The van der Waals surface area contributed by atoms with Crippen molar-refractivity contribution in [2.75, 3.05) is 11.4 Å². The van der Waals surface area contributed by atoms with Crippen LogP contribution in [-0.2, 0) is 14.8 Å². The van der Waals surface area contributed by atoms with Crippen LogP contribution in [-0.4, -0.2) is 43.3 Å². The SMILES string of the molecule is O=C1N[C@@H]2CCN(S(=O)(=O)c3ccc(Cl)cc3)[C@H]2C(=O)N1c1ccc(Oc2ccccc2)cc1. The lowest BCUT2D eigenvalue weighted by Gasteiger charge is -2.36. The molecule has 2 heterocycles. The molecule has 3 aromatic carbocycles. The molecule has 2 fully saturated rings. The summed E-state index contributed by atoms with van der Waals surface area (Å²) in [6, 6.07) is 19.2. The van der Waals surface area contributed by atoms with E-state index >= 15 is 0 Å². The topological polar surface area (TPSA) is 96.0 Å². The third kappa shape index (κ3) is 4.02. The minimum atomic E-state index is -3.97. The summed E-state index contributed by atoms with van der Waals surface area (Å²) in [6.07, 6.45) is 0.340. The van der Waals surface area contributed by atoms with Crippen LogP contribution in [0.2, 0.25) is 5.02 Å². The lowest BCUT2D eigenvalue weighted by Crippen LogP contribution is -2.64. The number of nitrogens with zero attached hydrogens (tertiary/aromatic N) is 2. The maximum absolute atomic E-state index is 13.4. The zero-order chi connectivity index (χ0) is 23.9. The Balaban J connectivity index is 1.40. The van der Waals surface area contributed by atoms with Gasteiger partial charge in [-0.15, -0.1) is 0 Å². The summed E-state index contributed by atoms with van der Waals surface area (Å²) >= 11 is 5.89. The van der Waals surface area contributed by atoms with Crippen LogP contribution in [0.3, 0.4) is 0 Å². The normalized spacial score (nSPS) is 20.7. The summed E-state index contributed by atoms with van der Waals surface area (Å²) in [7, 11) is -3.97. The number of hydrogen-bond acceptors (Lipinski definition) is 5. The van der Waals surface area contributed by atoms with E-state index < -0.39 is 34.0 Å². The van der Waals surface area contributed by atoms with Crippen molar-refractivity contribution in [3.63, 3.8) is 0 Å². The summed E-state index contributed by atoms with van der Waals surface area (Å²) in [4.78, 5) is 27.2. The fourth-order valence-corrected chi connectivity index (χ4v) is 5.97. The molecule has 34 heavy (non-hydrogen) atoms. The largest absolute Gasteiger partial charge is 0.457 e. The first-order valence-corrected chi connectivity index (χ1v) is 12.4. The number of halogens is 1. The van der Waals surface area contributed by atoms with Crippen LogP contribution in [0.15, 0.2) is 83.8 Å². The number of carbonyl (C=O) groups is 2. The van der Waals surface area contributed by atoms with Crippen LogP contribution in [0.1, 0.15) is 6.42 Å². The van der Waals surface area contributed by atoms with Gasteiger partial charge in [-0.05, 0) is 67.1 Å². The lowest BCUT2D eigenvalue weighted by molar-refractivity contribution is -0.122. The highest BCUT2D eigenvalue weighted by atomic mass is 35.5. The summed E-state index contributed by atoms with van der Waals surface area (Å²) < 4.78 is 33.5. The first kappa shape index (κ1) is 22.4. The number of ether oxygens (including phenoxy) is 1. The Bertz CT molecular complexity index is 1330. The van der Waals surface area contributed by atoms with Gasteiger partial charge in [0.1, 0.15) is 17.5 Å². The van der Waals surface area contributed by atoms with E-state index in [2.05, 4.69) is 5.32 Å². The predicted molar refractivity (Wildman–Crippen MR) is 127 cm³/mol. The molecule has 174 valence electrons. The van der Waals surface area contributed by atoms with Crippen molar-refractivity contribution in [2.45, 2.75) is 23.4 Å². The fraction of sp³-hybridized carbons (Fsp3) is 0.167. The van der Waals surface area contributed by atoms with E-state index in [1.54, 1.807) is 24.3 Å². The number of anilines is 1. The number of carbonyl (C=O) groups excluding carboxylic acids is 2. The standard InChI is InChI=1S/C24H20ClN3O5S/c25-16-6-12-20(13-7-16)34(31,32)27-15-14-21-22(27)23(29)28(24(30)26-21)17-8-10-19(11-9-17)33-18-4-2-1-3-5-18/h1-13,21-22H,14-15H2,(H,26,30)/t21-,22-/m1/s1. The van der Waals surface area contributed by atoms with Crippen molar-refractivity contribution < 1.29 is 22.7 Å². The minimum Gasteiger partial charge on any atom is -0.457 e. The molecule has 2 saturated heterocycles. The summed E-state index contributed by atoms with van der Waals surface area (Å²) in [5.41, 5.74) is 0.317. The molecule has 8 nitrogen and oxygen atoms in total. The van der Waals surface area contributed by atoms with E-state index in [4.69, 9.17) is 16.3 Å². The molecule has 5 rings (SSSR count). The number of para-hydroxylation sites is 1. The molecule has 10 heteroatoms. The van der Waals surface area contributed by atoms with Gasteiger partial charge in [-0.2, -0.15) is 4.31 Å². The number of imide groups is 1. The van der Waals surface area contributed by atoms with Gasteiger partial charge in [0.15, 0.2) is 0 Å². The van der Waals surface area contributed by atoms with Gasteiger partial charge in [-0.1, -0.05) is 29.8 Å². The maximum atomic E-state index is 13.4. The molecule has 0 aliphatic carbocycles. The van der Waals surface area contributed by atoms with Gasteiger partial charge in [0.25, 0.3) is 5.91 Å². The fourth-order valence-electron chi connectivity index (χ4n) is 4.21. The molecular formula is C24H20ClN3O5S. The van der Waals surface area contributed by atoms with Gasteiger partial charge in [-0.25, -0.2) is 18.1 Å². The Morgan fingerprint density at radius 2 is 1.53 bits per heavy atom. The Hall–Kier alpha value is -3.40. The number of nitrogens with one attached hydrogen (secondary N) is 1. The van der Waals surface area contributed by atoms with Gasteiger partial charge < -0.3 is 10.1 Å². The summed E-state index contributed by atoms with van der Waals surface area (Å²) in [5.74, 6) is 0.588. The molecule has 3 amide bonds. The van der Waals surface area contributed by atoms with Crippen molar-refractivity contribution in [2.24, 2.45) is 0 Å². The number of benzene rings is 3. The second-order valence-electron chi connectivity index (χ2n) is 7.94. The van der Waals surface area contributed by atoms with Crippen LogP contribution < -0.4 is 15.0 Å². The number of rotatable bonds is 5. The molecule has 1 N–H and O–H groups in total. The minimum absolute atomic E-state index is 0.0382. The molecule has 0 spiro atoms. The van der Waals surface area contributed by atoms with Crippen molar-refractivity contribution in [1.82, 2.24) is 9.62 Å². The number of sulfonamides is 1. The van der Waals surface area contributed by atoms with E-state index in [0.29, 0.717) is 28.6 Å². The molecule has 2 atom stereocenters. The number of fused-ring (bicyclic) bond motifs is 1. The van der Waals surface area contributed by atoms with E-state index in [0.717, 1.165) is 9.21 Å². The molecule has 0 unspecified atom stereocenters. The third-order valence-corrected chi connectivity index (χ3v) is 7.98. The summed E-state index contributed by atoms with van der Waals surface area (Å²) in [5, 5.41) is 3.19. The number of urea groups is 1. The Morgan fingerprint density at radius 1 is 0.882 bits per heavy atom. The molecular weight excluding hydrogens is 478 g/mol. The quantitative estimate of drug-likeness (QED) is 0.574. The number of hydrogen-bond donors (Lipinski definition) is 1. The van der Waals surface area contributed by atoms with E-state index in [-0.39, 0.29) is 11.4 Å². The van der Waals surface area contributed by atoms with Crippen molar-refractivity contribution in [3.05, 3.63) is 83.9 Å². The van der Waals surface area contributed by atoms with Crippen LogP contribution in [0, 0.1) is 0 Å². The molecule has 2 aliphatic rings. The first-order valence-electron chi connectivity index (χ1n) is 10.6. The van der Waals surface area contributed by atoms with Crippen LogP contribution in [0.5, 0.6) is 11.5 Å². The first-order chi connectivity index (χ1) is 16.3. The highest BCUT2D eigenvalue weighted by molar-refractivity contribution is 7.89. The van der Waals surface area contributed by atoms with Gasteiger partial charge in [0, 0.05) is 11.6 Å². The van der Waals surface area contributed by atoms with Crippen LogP contribution >= 0.6 is 11.6 Å². The van der Waals surface area contributed by atoms with Crippen molar-refractivity contribution in [1.29, 1.82) is 0 Å². The van der Waals surface area contributed by atoms with Gasteiger partial charge >= 0.3 is 6.03 Å². The molecule has 2 aliphatic heterocycles. The smallest absolute Gasteiger partial charge is 0.329 e. The Labute approximate surface area is 201 Å². The third-order valence-electron chi connectivity index (χ3n) is 5.83. The maximum Gasteiger partial charge on any atom is 0.329 e. The molecule has 3 aromatic rings. The van der Waals surface area contributed by atoms with Gasteiger partial charge in [0.05, 0.1) is 16.6 Å². The molecule has 0 aromatic heterocycles. The van der Waals surface area contributed by atoms with E-state index in [1.807, 2.05) is 30.3 Å². The zero-order valence-electron chi connectivity index (χ0n) is 17.8. The van der Waals surface area contributed by atoms with Gasteiger partial charge in [0.2, 0.25) is 10.0 Å². The Kier molecular flexibility index (Phi) is 5.76. The van der Waals surface area contributed by atoms with E-state index in [1.165, 1.54) is 24.3 Å². The van der Waals surface area contributed by atoms with Crippen LogP contribution in [0.4, 0.5) is 10.5 Å². The Morgan fingerprint density at radius 3 is 2.21 bits per heavy atom. The highest BCUT2D eigenvalue weighted by Crippen LogP contribution is 2.33. The number of amides is 3. The molecule has 0 saturated carbocycles. The van der Waals surface area contributed by atoms with E-state index in [9.17, 15) is 18.0 Å². The summed E-state index contributed by atoms with van der Waals surface area (Å²) in [6.45, 7) is 0.115. The second-order valence-corrected chi connectivity index (χ2v) is 10.3. The molecule has 0 bridgehead atoms. The van der Waals surface area contributed by atoms with Crippen LogP contribution in [0.25, 0.3) is 0 Å². The zero-order valence-corrected chi connectivity index (χ0v) is 19.4. The second kappa shape index (κ2) is 8.75. The van der Waals surface area contributed by atoms with Crippen molar-refractivity contribution in [3.8, 4) is 11.5 Å². The molecule has 0 radical (unpaired) electrons. The lowest BCUT2D eigenvalue weighted by atomic mass is 10.1. The average molecular weight is 498 g/mol. The average Bonchev–Trinajstić information content (AvgIpc) is 3.26. The highest BCUT2D eigenvalue weighted by Gasteiger charge is 2.52. The monoisotopic (exact) mass is 497 g/mol. The predicted octanol–water partition coefficient (Wildman–Crippen LogP) is 4.02.